The van der Waals surface area contributed by atoms with Crippen LogP contribution in [0.1, 0.15) is 0 Å². The molecule has 4 aromatic heterocycles. The van der Waals surface area contributed by atoms with E-state index >= 15 is 0 Å². The Labute approximate surface area is 295 Å². The standard InChI is InChI=1S/C48H26N2S/c1-2-11-31-30(10-1)35-15-9-19-44-46(35)47-37(31)25-29(26-45(47)51-44)49-40-16-6-3-12-32(40)36-22-27(20-21-43(36)49)28-23-38-33-13-4-7-17-41(33)50-42-18-8-5-14-34(42)39(24-28)48(38)50/h1-26H. The van der Waals surface area contributed by atoms with Gasteiger partial charge in [-0.25, -0.2) is 0 Å². The topological polar surface area (TPSA) is 9.34 Å². The third-order valence-electron chi connectivity index (χ3n) is 11.6. The molecule has 0 aliphatic rings. The fourth-order valence-electron chi connectivity index (χ4n) is 9.50. The van der Waals surface area contributed by atoms with Gasteiger partial charge in [-0.1, -0.05) is 97.1 Å². The minimum Gasteiger partial charge on any atom is -0.309 e. The minimum atomic E-state index is 1.21. The zero-order valence-corrected chi connectivity index (χ0v) is 28.1. The van der Waals surface area contributed by atoms with Gasteiger partial charge in [0.05, 0.1) is 27.6 Å². The number of fused-ring (bicyclic) bond motifs is 12. The third kappa shape index (κ3) is 3.24. The molecule has 0 atom stereocenters. The normalized spacial score (nSPS) is 12.7. The fraction of sp³-hybridized carbons (Fsp3) is 0. The van der Waals surface area contributed by atoms with E-state index in [0.29, 0.717) is 0 Å². The molecule has 0 aliphatic heterocycles. The molecular weight excluding hydrogens is 637 g/mol. The highest BCUT2D eigenvalue weighted by molar-refractivity contribution is 7.26. The van der Waals surface area contributed by atoms with Crippen molar-refractivity contribution in [1.29, 1.82) is 0 Å². The molecule has 13 rings (SSSR count). The van der Waals surface area contributed by atoms with Gasteiger partial charge in [-0.05, 0) is 93.3 Å². The van der Waals surface area contributed by atoms with Gasteiger partial charge in [0.1, 0.15) is 0 Å². The van der Waals surface area contributed by atoms with Crippen LogP contribution < -0.4 is 0 Å². The maximum atomic E-state index is 2.49. The van der Waals surface area contributed by atoms with Gasteiger partial charge in [-0.3, -0.25) is 0 Å². The van der Waals surface area contributed by atoms with Crippen LogP contribution in [0.2, 0.25) is 0 Å². The highest BCUT2D eigenvalue weighted by Gasteiger charge is 2.21. The first kappa shape index (κ1) is 26.4. The highest BCUT2D eigenvalue weighted by Crippen LogP contribution is 2.47. The molecule has 0 saturated carbocycles. The highest BCUT2D eigenvalue weighted by atomic mass is 32.1. The molecule has 13 aromatic rings. The van der Waals surface area contributed by atoms with Crippen molar-refractivity contribution < 1.29 is 0 Å². The first-order valence-corrected chi connectivity index (χ1v) is 18.4. The van der Waals surface area contributed by atoms with E-state index in [1.807, 2.05) is 11.3 Å². The molecule has 0 spiro atoms. The number of hydrogen-bond donors (Lipinski definition) is 0. The summed E-state index contributed by atoms with van der Waals surface area (Å²) in [5, 5.41) is 15.9. The summed E-state index contributed by atoms with van der Waals surface area (Å²) < 4.78 is 7.64. The van der Waals surface area contributed by atoms with Gasteiger partial charge in [0, 0.05) is 58.2 Å². The van der Waals surface area contributed by atoms with Crippen LogP contribution in [0.5, 0.6) is 0 Å². The summed E-state index contributed by atoms with van der Waals surface area (Å²) in [7, 11) is 0. The lowest BCUT2D eigenvalue weighted by Crippen LogP contribution is -1.94. The van der Waals surface area contributed by atoms with Gasteiger partial charge in [0.2, 0.25) is 0 Å². The largest absolute Gasteiger partial charge is 0.309 e. The summed E-state index contributed by atoms with van der Waals surface area (Å²) in [6.07, 6.45) is 0. The smallest absolute Gasteiger partial charge is 0.0620 e. The molecular formula is C48H26N2S. The van der Waals surface area contributed by atoms with Crippen molar-refractivity contribution in [1.82, 2.24) is 8.97 Å². The quantitative estimate of drug-likeness (QED) is 0.163. The van der Waals surface area contributed by atoms with E-state index in [1.54, 1.807) is 0 Å². The minimum absolute atomic E-state index is 1.21. The molecule has 0 unspecified atom stereocenters. The summed E-state index contributed by atoms with van der Waals surface area (Å²) in [5.41, 5.74) is 10.00. The van der Waals surface area contributed by atoms with Crippen LogP contribution >= 0.6 is 11.3 Å². The van der Waals surface area contributed by atoms with Crippen LogP contribution in [0.25, 0.3) is 118 Å². The van der Waals surface area contributed by atoms with Gasteiger partial charge in [0.25, 0.3) is 0 Å². The van der Waals surface area contributed by atoms with E-state index in [0.717, 1.165) is 0 Å². The van der Waals surface area contributed by atoms with E-state index in [4.69, 9.17) is 0 Å². The molecule has 0 aliphatic carbocycles. The average Bonchev–Trinajstić information content (AvgIpc) is 3.92. The molecule has 0 fully saturated rings. The van der Waals surface area contributed by atoms with E-state index in [1.165, 1.54) is 118 Å². The predicted molar refractivity (Wildman–Crippen MR) is 220 cm³/mol. The van der Waals surface area contributed by atoms with Crippen molar-refractivity contribution in [2.24, 2.45) is 0 Å². The van der Waals surface area contributed by atoms with Crippen molar-refractivity contribution >= 4 is 113 Å². The zero-order chi connectivity index (χ0) is 32.9. The Hall–Kier alpha value is -6.42. The number of aromatic nitrogens is 2. The van der Waals surface area contributed by atoms with Gasteiger partial charge in [-0.2, -0.15) is 0 Å². The zero-order valence-electron chi connectivity index (χ0n) is 27.3. The fourth-order valence-corrected chi connectivity index (χ4v) is 10.7. The lowest BCUT2D eigenvalue weighted by Gasteiger charge is -2.13. The number of hydrogen-bond acceptors (Lipinski definition) is 1. The maximum absolute atomic E-state index is 2.49. The lowest BCUT2D eigenvalue weighted by molar-refractivity contribution is 1.19. The lowest BCUT2D eigenvalue weighted by atomic mass is 9.94. The van der Waals surface area contributed by atoms with Crippen molar-refractivity contribution in [2.45, 2.75) is 0 Å². The van der Waals surface area contributed by atoms with Crippen LogP contribution in [-0.2, 0) is 0 Å². The second-order valence-electron chi connectivity index (χ2n) is 14.1. The Morgan fingerprint density at radius 3 is 1.61 bits per heavy atom. The first-order chi connectivity index (χ1) is 25.3. The van der Waals surface area contributed by atoms with E-state index < -0.39 is 0 Å². The van der Waals surface area contributed by atoms with Crippen LogP contribution in [0.15, 0.2) is 158 Å². The average molecular weight is 663 g/mol. The molecule has 0 amide bonds. The van der Waals surface area contributed by atoms with Gasteiger partial charge in [-0.15, -0.1) is 11.3 Å². The van der Waals surface area contributed by atoms with E-state index in [-0.39, 0.29) is 0 Å². The Balaban J connectivity index is 1.10. The Kier molecular flexibility index (Phi) is 4.78. The van der Waals surface area contributed by atoms with Crippen molar-refractivity contribution in [3.05, 3.63) is 158 Å². The van der Waals surface area contributed by atoms with Crippen LogP contribution in [-0.4, -0.2) is 8.97 Å². The molecule has 9 aromatic carbocycles. The Morgan fingerprint density at radius 2 is 0.882 bits per heavy atom. The molecule has 0 saturated heterocycles. The molecule has 234 valence electrons. The van der Waals surface area contributed by atoms with Crippen molar-refractivity contribution in [2.75, 3.05) is 0 Å². The summed E-state index contributed by atoms with van der Waals surface area (Å²) in [5.74, 6) is 0. The van der Waals surface area contributed by atoms with Crippen LogP contribution in [0, 0.1) is 0 Å². The van der Waals surface area contributed by atoms with Gasteiger partial charge < -0.3 is 8.97 Å². The molecule has 0 N–H and O–H groups in total. The van der Waals surface area contributed by atoms with Crippen LogP contribution in [0.4, 0.5) is 0 Å². The summed E-state index contributed by atoms with van der Waals surface area (Å²) in [6, 6.07) is 59.1. The number of nitrogens with zero attached hydrogens (tertiary/aromatic N) is 2. The van der Waals surface area contributed by atoms with Gasteiger partial charge in [0.15, 0.2) is 0 Å². The van der Waals surface area contributed by atoms with E-state index in [9.17, 15) is 0 Å². The molecule has 2 nitrogen and oxygen atoms in total. The van der Waals surface area contributed by atoms with Crippen LogP contribution in [0.3, 0.4) is 0 Å². The molecule has 3 heteroatoms. The second-order valence-corrected chi connectivity index (χ2v) is 15.2. The maximum Gasteiger partial charge on any atom is 0.0620 e. The molecule has 51 heavy (non-hydrogen) atoms. The van der Waals surface area contributed by atoms with E-state index in [2.05, 4.69) is 167 Å². The summed E-state index contributed by atoms with van der Waals surface area (Å²) >= 11 is 1.91. The molecule has 0 bridgehead atoms. The number of thiophene rings is 1. The van der Waals surface area contributed by atoms with Crippen molar-refractivity contribution in [3.63, 3.8) is 0 Å². The SMILES string of the molecule is c1ccc2c(c1)c1cccc3sc4cc(-n5c6ccccc6c6cc(-c7cc8c9ccccc9n9c%10ccccc%10c(c7)c89)ccc65)cc2c4c31. The number of rotatable bonds is 2. The monoisotopic (exact) mass is 662 g/mol. The Bertz CT molecular complexity index is 3510. The van der Waals surface area contributed by atoms with Gasteiger partial charge >= 0.3 is 0 Å². The number of benzene rings is 9. The summed E-state index contributed by atoms with van der Waals surface area (Å²) in [6.45, 7) is 0. The predicted octanol–water partition coefficient (Wildman–Crippen LogP) is 13.7. The first-order valence-electron chi connectivity index (χ1n) is 17.6. The third-order valence-corrected chi connectivity index (χ3v) is 12.7. The summed E-state index contributed by atoms with van der Waals surface area (Å²) in [4.78, 5) is 0. The molecule has 4 heterocycles. The second kappa shape index (κ2) is 9.22. The number of para-hydroxylation sites is 3. The Morgan fingerprint density at radius 1 is 0.333 bits per heavy atom. The molecule has 0 radical (unpaired) electrons. The van der Waals surface area contributed by atoms with Crippen molar-refractivity contribution in [3.8, 4) is 16.8 Å².